The summed E-state index contributed by atoms with van der Waals surface area (Å²) in [7, 11) is 0. The van der Waals surface area contributed by atoms with Crippen LogP contribution in [0.1, 0.15) is 42.0 Å². The van der Waals surface area contributed by atoms with Crippen LogP contribution in [0.15, 0.2) is 60.7 Å². The third-order valence-electron chi connectivity index (χ3n) is 5.32. The van der Waals surface area contributed by atoms with Gasteiger partial charge in [0, 0.05) is 22.1 Å². The Labute approximate surface area is 205 Å². The molecule has 4 aromatic carbocycles. The average Bonchev–Trinajstić information content (AvgIpc) is 2.86. The van der Waals surface area contributed by atoms with E-state index in [0.717, 1.165) is 36.8 Å². The van der Waals surface area contributed by atoms with Crippen LogP contribution >= 0.6 is 0 Å². The van der Waals surface area contributed by atoms with Gasteiger partial charge in [-0.1, -0.05) is 43.1 Å². The van der Waals surface area contributed by atoms with E-state index < -0.39 is 34.6 Å². The van der Waals surface area contributed by atoms with Gasteiger partial charge in [0.15, 0.2) is 17.5 Å². The minimum Gasteiger partial charge on any atom is -0.494 e. The smallest absolute Gasteiger partial charge is 0.195 e. The zero-order chi connectivity index (χ0) is 25.7. The molecule has 0 amide bonds. The third kappa shape index (κ3) is 5.67. The number of halogens is 5. The molecule has 180 valence electrons. The fourth-order valence-electron chi connectivity index (χ4n) is 3.40. The summed E-state index contributed by atoms with van der Waals surface area (Å²) in [4.78, 5) is 0. The maximum atomic E-state index is 14.6. The molecule has 0 radical (unpaired) electrons. The minimum atomic E-state index is -1.57. The van der Waals surface area contributed by atoms with Crippen molar-refractivity contribution in [1.82, 2.24) is 0 Å². The lowest BCUT2D eigenvalue weighted by Gasteiger charge is -2.04. The lowest BCUT2D eigenvalue weighted by molar-refractivity contribution is 0.309. The maximum Gasteiger partial charge on any atom is 0.195 e. The molecule has 0 aliphatic heterocycles. The lowest BCUT2D eigenvalue weighted by atomic mass is 10.1. The van der Waals surface area contributed by atoms with E-state index in [2.05, 4.69) is 30.6 Å². The number of benzene rings is 4. The number of hydrogen-bond acceptors (Lipinski definition) is 1. The second kappa shape index (κ2) is 11.0. The van der Waals surface area contributed by atoms with E-state index in [-0.39, 0.29) is 21.9 Å². The van der Waals surface area contributed by atoms with Gasteiger partial charge in [-0.15, -0.1) is 0 Å². The monoisotopic (exact) mass is 490 g/mol. The summed E-state index contributed by atoms with van der Waals surface area (Å²) >= 11 is 0. The molecule has 0 atom stereocenters. The van der Waals surface area contributed by atoms with Gasteiger partial charge in [-0.25, -0.2) is 22.0 Å². The van der Waals surface area contributed by atoms with Crippen molar-refractivity contribution in [2.45, 2.75) is 19.8 Å². The van der Waals surface area contributed by atoms with E-state index in [0.29, 0.717) is 12.2 Å². The Bertz CT molecular complexity index is 1530. The van der Waals surface area contributed by atoms with Gasteiger partial charge in [0.25, 0.3) is 0 Å². The summed E-state index contributed by atoms with van der Waals surface area (Å²) in [5.41, 5.74) is 0.576. The van der Waals surface area contributed by atoms with Crippen LogP contribution in [0.3, 0.4) is 0 Å². The van der Waals surface area contributed by atoms with Crippen molar-refractivity contribution in [2.75, 3.05) is 6.61 Å². The zero-order valence-corrected chi connectivity index (χ0v) is 19.2. The Kier molecular flexibility index (Phi) is 7.56. The van der Waals surface area contributed by atoms with Gasteiger partial charge in [0.05, 0.1) is 12.2 Å². The van der Waals surface area contributed by atoms with Crippen LogP contribution in [0, 0.1) is 52.8 Å². The Morgan fingerprint density at radius 3 is 1.97 bits per heavy atom. The van der Waals surface area contributed by atoms with Crippen molar-refractivity contribution in [2.24, 2.45) is 0 Å². The van der Waals surface area contributed by atoms with Crippen molar-refractivity contribution in [1.29, 1.82) is 0 Å². The normalized spacial score (nSPS) is 10.4. The topological polar surface area (TPSA) is 9.23 Å². The first-order chi connectivity index (χ1) is 17.4. The molecule has 0 saturated carbocycles. The number of ether oxygens (including phenoxy) is 1. The van der Waals surface area contributed by atoms with E-state index >= 15 is 0 Å². The van der Waals surface area contributed by atoms with Crippen molar-refractivity contribution >= 4 is 10.8 Å². The molecule has 0 aliphatic carbocycles. The van der Waals surface area contributed by atoms with Gasteiger partial charge >= 0.3 is 0 Å². The molecule has 6 heteroatoms. The molecule has 0 bridgehead atoms. The minimum absolute atomic E-state index is 0.0744. The first-order valence-electron chi connectivity index (χ1n) is 11.2. The Hall–Kier alpha value is -4.29. The molecule has 1 nitrogen and oxygen atoms in total. The second-order valence-electron chi connectivity index (χ2n) is 7.96. The number of rotatable bonds is 4. The van der Waals surface area contributed by atoms with E-state index in [1.165, 1.54) is 18.2 Å². The summed E-state index contributed by atoms with van der Waals surface area (Å²) in [6.45, 7) is 2.71. The highest BCUT2D eigenvalue weighted by molar-refractivity contribution is 5.84. The number of hydrogen-bond donors (Lipinski definition) is 0. The van der Waals surface area contributed by atoms with Crippen LogP contribution in [0.2, 0.25) is 0 Å². The molecule has 0 fully saturated rings. The molecule has 0 aliphatic rings. The number of unbranched alkanes of at least 4 members (excludes halogenated alkanes) is 1. The van der Waals surface area contributed by atoms with Crippen LogP contribution in [0.5, 0.6) is 5.75 Å². The molecule has 36 heavy (non-hydrogen) atoms. The standard InChI is InChI=1S/C30H19F5O/c1-2-3-14-36-23-10-6-19(7-11-23)4-5-21-16-26(31)25(27(32)17-21)13-9-20-8-12-24-22(15-20)18-28(33)30(35)29(24)34/h6-8,10-12,15-18H,2-3,14H2,1H3. The predicted octanol–water partition coefficient (Wildman–Crippen LogP) is 7.51. The summed E-state index contributed by atoms with van der Waals surface area (Å²) in [5.74, 6) is 5.28. The van der Waals surface area contributed by atoms with Crippen molar-refractivity contribution in [3.8, 4) is 29.4 Å². The first kappa shape index (κ1) is 24.8. The molecule has 0 heterocycles. The van der Waals surface area contributed by atoms with Gasteiger partial charge in [-0.05, 0) is 66.4 Å². The van der Waals surface area contributed by atoms with E-state index in [1.54, 1.807) is 24.3 Å². The maximum absolute atomic E-state index is 14.6. The molecular weight excluding hydrogens is 471 g/mol. The van der Waals surface area contributed by atoms with Gasteiger partial charge in [-0.3, -0.25) is 0 Å². The van der Waals surface area contributed by atoms with Crippen molar-refractivity contribution < 1.29 is 26.7 Å². The van der Waals surface area contributed by atoms with Gasteiger partial charge in [0.2, 0.25) is 0 Å². The Morgan fingerprint density at radius 1 is 0.639 bits per heavy atom. The highest BCUT2D eigenvalue weighted by atomic mass is 19.2. The molecule has 0 spiro atoms. The van der Waals surface area contributed by atoms with E-state index in [9.17, 15) is 22.0 Å². The summed E-state index contributed by atoms with van der Waals surface area (Å²) in [6, 6.07) is 14.0. The molecule has 0 N–H and O–H groups in total. The largest absolute Gasteiger partial charge is 0.494 e. The van der Waals surface area contributed by atoms with Gasteiger partial charge in [-0.2, -0.15) is 0 Å². The number of fused-ring (bicyclic) bond motifs is 1. The van der Waals surface area contributed by atoms with Crippen LogP contribution in [-0.2, 0) is 0 Å². The Balaban J connectivity index is 1.54. The van der Waals surface area contributed by atoms with Crippen LogP contribution in [0.25, 0.3) is 10.8 Å². The molecule has 0 unspecified atom stereocenters. The summed E-state index contributed by atoms with van der Waals surface area (Å²) in [6.07, 6.45) is 2.00. The molecule has 0 aromatic heterocycles. The predicted molar refractivity (Wildman–Crippen MR) is 129 cm³/mol. The van der Waals surface area contributed by atoms with Crippen LogP contribution in [-0.4, -0.2) is 6.61 Å². The highest BCUT2D eigenvalue weighted by Crippen LogP contribution is 2.24. The fraction of sp³-hybridized carbons (Fsp3) is 0.133. The SMILES string of the molecule is CCCCOc1ccc(C#Cc2cc(F)c(C#Cc3ccc4c(F)c(F)c(F)cc4c3)c(F)c2)cc1. The lowest BCUT2D eigenvalue weighted by Crippen LogP contribution is -1.96. The van der Waals surface area contributed by atoms with Crippen LogP contribution in [0.4, 0.5) is 22.0 Å². The summed E-state index contributed by atoms with van der Waals surface area (Å²) < 4.78 is 75.5. The molecule has 0 saturated heterocycles. The van der Waals surface area contributed by atoms with Gasteiger partial charge < -0.3 is 4.74 Å². The molecule has 4 rings (SSSR count). The second-order valence-corrected chi connectivity index (χ2v) is 7.96. The van der Waals surface area contributed by atoms with E-state index in [1.807, 2.05) is 0 Å². The third-order valence-corrected chi connectivity index (χ3v) is 5.32. The van der Waals surface area contributed by atoms with Crippen molar-refractivity contribution in [3.05, 3.63) is 112 Å². The van der Waals surface area contributed by atoms with Gasteiger partial charge in [0.1, 0.15) is 17.4 Å². The first-order valence-corrected chi connectivity index (χ1v) is 11.2. The fourth-order valence-corrected chi connectivity index (χ4v) is 3.40. The molecular formula is C30H19F5O. The quantitative estimate of drug-likeness (QED) is 0.124. The van der Waals surface area contributed by atoms with E-state index in [4.69, 9.17) is 4.74 Å². The average molecular weight is 490 g/mol. The zero-order valence-electron chi connectivity index (χ0n) is 19.2. The molecule has 4 aromatic rings. The van der Waals surface area contributed by atoms with Crippen molar-refractivity contribution in [3.63, 3.8) is 0 Å². The van der Waals surface area contributed by atoms with Crippen LogP contribution < -0.4 is 4.74 Å². The highest BCUT2D eigenvalue weighted by Gasteiger charge is 2.13. The summed E-state index contributed by atoms with van der Waals surface area (Å²) in [5, 5.41) is -0.0521. The Morgan fingerprint density at radius 2 is 1.28 bits per heavy atom.